The summed E-state index contributed by atoms with van der Waals surface area (Å²) in [6.07, 6.45) is 1.62. The Bertz CT molecular complexity index is 623. The number of amides is 1. The zero-order chi connectivity index (χ0) is 15.1. The molecule has 0 spiro atoms. The van der Waals surface area contributed by atoms with Crippen LogP contribution in [-0.4, -0.2) is 18.2 Å². The number of benzene rings is 2. The van der Waals surface area contributed by atoms with E-state index in [9.17, 15) is 4.79 Å². The standard InChI is InChI=1S/C17H19N3O/c1-13-8-6-7-11-16(13)19-14(2)17(21)20-18-12-15-9-4-3-5-10-15/h3-12,14,19H,1-2H3,(H,20,21)/b18-12-. The van der Waals surface area contributed by atoms with Gasteiger partial charge in [0.1, 0.15) is 6.04 Å². The van der Waals surface area contributed by atoms with Gasteiger partial charge >= 0.3 is 0 Å². The van der Waals surface area contributed by atoms with Crippen molar-refractivity contribution in [3.8, 4) is 0 Å². The van der Waals surface area contributed by atoms with Crippen LogP contribution in [0.2, 0.25) is 0 Å². The highest BCUT2D eigenvalue weighted by Crippen LogP contribution is 2.14. The molecule has 0 fully saturated rings. The van der Waals surface area contributed by atoms with Crippen LogP contribution >= 0.6 is 0 Å². The Balaban J connectivity index is 1.88. The van der Waals surface area contributed by atoms with Crippen molar-refractivity contribution in [1.29, 1.82) is 0 Å². The lowest BCUT2D eigenvalue weighted by Gasteiger charge is -2.15. The monoisotopic (exact) mass is 281 g/mol. The number of aryl methyl sites for hydroxylation is 1. The predicted molar refractivity (Wildman–Crippen MR) is 86.4 cm³/mol. The third-order valence-electron chi connectivity index (χ3n) is 3.10. The fourth-order valence-electron chi connectivity index (χ4n) is 1.84. The third kappa shape index (κ3) is 4.45. The van der Waals surface area contributed by atoms with E-state index in [1.54, 1.807) is 13.1 Å². The van der Waals surface area contributed by atoms with Crippen LogP contribution in [0.3, 0.4) is 0 Å². The number of nitrogens with zero attached hydrogens (tertiary/aromatic N) is 1. The lowest BCUT2D eigenvalue weighted by Crippen LogP contribution is -2.35. The van der Waals surface area contributed by atoms with Crippen molar-refractivity contribution in [1.82, 2.24) is 5.43 Å². The molecule has 2 aromatic carbocycles. The normalized spacial score (nSPS) is 12.1. The van der Waals surface area contributed by atoms with Crippen molar-refractivity contribution in [2.45, 2.75) is 19.9 Å². The lowest BCUT2D eigenvalue weighted by molar-refractivity contribution is -0.121. The Morgan fingerprint density at radius 1 is 1.10 bits per heavy atom. The second-order valence-electron chi connectivity index (χ2n) is 4.83. The van der Waals surface area contributed by atoms with E-state index in [1.165, 1.54) is 0 Å². The van der Waals surface area contributed by atoms with E-state index in [2.05, 4.69) is 15.8 Å². The van der Waals surface area contributed by atoms with E-state index < -0.39 is 0 Å². The molecule has 0 saturated heterocycles. The van der Waals surface area contributed by atoms with Crippen LogP contribution in [0.15, 0.2) is 59.7 Å². The highest BCUT2D eigenvalue weighted by molar-refractivity contribution is 5.86. The molecule has 1 unspecified atom stereocenters. The molecule has 2 N–H and O–H groups in total. The van der Waals surface area contributed by atoms with E-state index in [0.29, 0.717) is 0 Å². The van der Waals surface area contributed by atoms with Gasteiger partial charge in [0.25, 0.3) is 5.91 Å². The summed E-state index contributed by atoms with van der Waals surface area (Å²) >= 11 is 0. The third-order valence-corrected chi connectivity index (χ3v) is 3.10. The average Bonchev–Trinajstić information content (AvgIpc) is 2.50. The maximum Gasteiger partial charge on any atom is 0.262 e. The van der Waals surface area contributed by atoms with Gasteiger partial charge in [0, 0.05) is 5.69 Å². The molecule has 0 heterocycles. The summed E-state index contributed by atoms with van der Waals surface area (Å²) in [4.78, 5) is 12.0. The Kier molecular flexibility index (Phi) is 5.10. The number of hydrogen-bond acceptors (Lipinski definition) is 3. The lowest BCUT2D eigenvalue weighted by atomic mass is 10.2. The second-order valence-corrected chi connectivity index (χ2v) is 4.83. The minimum atomic E-state index is -0.362. The van der Waals surface area contributed by atoms with Crippen molar-refractivity contribution >= 4 is 17.8 Å². The molecule has 2 rings (SSSR count). The first kappa shape index (κ1) is 14.8. The number of nitrogens with one attached hydrogen (secondary N) is 2. The Morgan fingerprint density at radius 3 is 2.48 bits per heavy atom. The summed E-state index contributed by atoms with van der Waals surface area (Å²) in [5.41, 5.74) is 5.53. The number of carbonyl (C=O) groups is 1. The van der Waals surface area contributed by atoms with Crippen molar-refractivity contribution in [3.05, 3.63) is 65.7 Å². The van der Waals surface area contributed by atoms with Crippen LogP contribution in [0.5, 0.6) is 0 Å². The molecule has 0 aliphatic carbocycles. The molecule has 2 aromatic rings. The second kappa shape index (κ2) is 7.24. The summed E-state index contributed by atoms with van der Waals surface area (Å²) in [5.74, 6) is -0.176. The van der Waals surface area contributed by atoms with Crippen LogP contribution in [0.25, 0.3) is 0 Å². The van der Waals surface area contributed by atoms with Gasteiger partial charge in [-0.3, -0.25) is 4.79 Å². The number of para-hydroxylation sites is 1. The van der Waals surface area contributed by atoms with E-state index in [4.69, 9.17) is 0 Å². The van der Waals surface area contributed by atoms with Crippen LogP contribution in [0, 0.1) is 6.92 Å². The van der Waals surface area contributed by atoms with E-state index >= 15 is 0 Å². The first-order valence-corrected chi connectivity index (χ1v) is 6.87. The molecule has 0 aromatic heterocycles. The molecular formula is C17H19N3O. The van der Waals surface area contributed by atoms with Crippen molar-refractivity contribution in [2.24, 2.45) is 5.10 Å². The summed E-state index contributed by atoms with van der Waals surface area (Å²) in [7, 11) is 0. The zero-order valence-electron chi connectivity index (χ0n) is 12.2. The first-order chi connectivity index (χ1) is 10.2. The summed E-state index contributed by atoms with van der Waals surface area (Å²) < 4.78 is 0. The van der Waals surface area contributed by atoms with Gasteiger partial charge in [0.2, 0.25) is 0 Å². The first-order valence-electron chi connectivity index (χ1n) is 6.87. The average molecular weight is 281 g/mol. The molecule has 1 amide bonds. The van der Waals surface area contributed by atoms with Crippen LogP contribution in [0.1, 0.15) is 18.1 Å². The number of anilines is 1. The van der Waals surface area contributed by atoms with E-state index in [-0.39, 0.29) is 11.9 Å². The molecule has 0 bridgehead atoms. The zero-order valence-corrected chi connectivity index (χ0v) is 12.2. The number of hydrogen-bond donors (Lipinski definition) is 2. The summed E-state index contributed by atoms with van der Waals surface area (Å²) in [6.45, 7) is 3.81. The molecule has 0 saturated carbocycles. The van der Waals surface area contributed by atoms with Crippen LogP contribution in [0.4, 0.5) is 5.69 Å². The van der Waals surface area contributed by atoms with Gasteiger partial charge in [-0.05, 0) is 31.0 Å². The number of carbonyl (C=O) groups excluding carboxylic acids is 1. The van der Waals surface area contributed by atoms with Crippen molar-refractivity contribution < 1.29 is 4.79 Å². The maximum atomic E-state index is 12.0. The molecule has 21 heavy (non-hydrogen) atoms. The van der Waals surface area contributed by atoms with Crippen LogP contribution in [-0.2, 0) is 4.79 Å². The maximum absolute atomic E-state index is 12.0. The van der Waals surface area contributed by atoms with Gasteiger partial charge in [-0.25, -0.2) is 5.43 Å². The predicted octanol–water partition coefficient (Wildman–Crippen LogP) is 2.95. The number of rotatable bonds is 5. The smallest absolute Gasteiger partial charge is 0.262 e. The number of hydrazone groups is 1. The Morgan fingerprint density at radius 2 is 1.76 bits per heavy atom. The molecule has 0 aliphatic rings. The summed E-state index contributed by atoms with van der Waals surface area (Å²) in [5, 5.41) is 7.13. The van der Waals surface area contributed by atoms with Crippen LogP contribution < -0.4 is 10.7 Å². The fourth-order valence-corrected chi connectivity index (χ4v) is 1.84. The molecule has 108 valence electrons. The van der Waals surface area contributed by atoms with Gasteiger partial charge < -0.3 is 5.32 Å². The van der Waals surface area contributed by atoms with E-state index in [0.717, 1.165) is 16.8 Å². The molecular weight excluding hydrogens is 262 g/mol. The highest BCUT2D eigenvalue weighted by atomic mass is 16.2. The van der Waals surface area contributed by atoms with Crippen molar-refractivity contribution in [2.75, 3.05) is 5.32 Å². The molecule has 4 nitrogen and oxygen atoms in total. The van der Waals surface area contributed by atoms with Gasteiger partial charge in [-0.15, -0.1) is 0 Å². The molecule has 4 heteroatoms. The quantitative estimate of drug-likeness (QED) is 0.654. The molecule has 1 atom stereocenters. The largest absolute Gasteiger partial charge is 0.374 e. The minimum Gasteiger partial charge on any atom is -0.374 e. The molecule has 0 aliphatic heterocycles. The van der Waals surface area contributed by atoms with Gasteiger partial charge in [0.15, 0.2) is 0 Å². The van der Waals surface area contributed by atoms with Crippen molar-refractivity contribution in [3.63, 3.8) is 0 Å². The molecule has 0 radical (unpaired) electrons. The van der Waals surface area contributed by atoms with Gasteiger partial charge in [0.05, 0.1) is 6.21 Å². The summed E-state index contributed by atoms with van der Waals surface area (Å²) in [6, 6.07) is 17.1. The SMILES string of the molecule is Cc1ccccc1NC(C)C(=O)N/N=C\c1ccccc1. The minimum absolute atomic E-state index is 0.176. The Hall–Kier alpha value is -2.62. The fraction of sp³-hybridized carbons (Fsp3) is 0.176. The van der Waals surface area contributed by atoms with Gasteiger partial charge in [-0.1, -0.05) is 48.5 Å². The Labute approximate surface area is 124 Å². The van der Waals surface area contributed by atoms with Gasteiger partial charge in [-0.2, -0.15) is 5.10 Å². The van der Waals surface area contributed by atoms with E-state index in [1.807, 2.05) is 61.5 Å². The topological polar surface area (TPSA) is 53.5 Å². The highest BCUT2D eigenvalue weighted by Gasteiger charge is 2.12.